The highest BCUT2D eigenvalue weighted by molar-refractivity contribution is 7.51. The van der Waals surface area contributed by atoms with E-state index >= 15 is 0 Å². The summed E-state index contributed by atoms with van der Waals surface area (Å²) in [5, 5.41) is 5.11. The average molecular weight is 434 g/mol. The van der Waals surface area contributed by atoms with Crippen molar-refractivity contribution >= 4 is 88.6 Å². The summed E-state index contributed by atoms with van der Waals surface area (Å²) in [5.41, 5.74) is 0. The Morgan fingerprint density at radius 1 is 0.542 bits per heavy atom. The number of rotatable bonds is 1. The van der Waals surface area contributed by atoms with Crippen molar-refractivity contribution in [2.75, 3.05) is 0 Å². The van der Waals surface area contributed by atoms with Gasteiger partial charge < -0.3 is 0 Å². The first-order valence-corrected chi connectivity index (χ1v) is 10.1. The van der Waals surface area contributed by atoms with Crippen LogP contribution in [0.15, 0.2) is 48.5 Å². The second-order valence-corrected chi connectivity index (χ2v) is 9.31. The zero-order chi connectivity index (χ0) is 17.0. The fraction of sp³-hybridized carbons (Fsp3) is 0. The van der Waals surface area contributed by atoms with Gasteiger partial charge in [0.15, 0.2) is 9.40 Å². The molecule has 4 aromatic rings. The maximum Gasteiger partial charge on any atom is 0.216 e. The molecule has 0 atom stereocenters. The van der Waals surface area contributed by atoms with Crippen LogP contribution < -0.4 is 0 Å². The molecule has 0 amide bonds. The molecule has 0 fully saturated rings. The average Bonchev–Trinajstić information content (AvgIpc) is 2.80. The SMILES string of the molecule is Clc1cc(Cl)c(-[s+]2c3ccc(Cl)cc3c3cc(Cl)ccc32)c(Cl)c1. The van der Waals surface area contributed by atoms with Gasteiger partial charge in [-0.25, -0.2) is 0 Å². The minimum absolute atomic E-state index is 0.428. The van der Waals surface area contributed by atoms with E-state index < -0.39 is 10.5 Å². The Balaban J connectivity index is 2.23. The van der Waals surface area contributed by atoms with E-state index in [4.69, 9.17) is 58.0 Å². The summed E-state index contributed by atoms with van der Waals surface area (Å²) in [7, 11) is -0.428. The highest BCUT2D eigenvalue weighted by Crippen LogP contribution is 2.54. The monoisotopic (exact) mass is 431 g/mol. The van der Waals surface area contributed by atoms with Crippen molar-refractivity contribution in [3.05, 3.63) is 73.6 Å². The van der Waals surface area contributed by atoms with Crippen LogP contribution >= 0.6 is 68.5 Å². The number of fused-ring (bicyclic) bond motifs is 3. The van der Waals surface area contributed by atoms with Crippen LogP contribution in [0.2, 0.25) is 25.1 Å². The van der Waals surface area contributed by atoms with Gasteiger partial charge in [-0.1, -0.05) is 58.0 Å². The smallest absolute Gasteiger partial charge is 0.0843 e. The molecular weight excluding hydrogens is 426 g/mol. The summed E-state index contributed by atoms with van der Waals surface area (Å²) in [4.78, 5) is 0.868. The first-order valence-electron chi connectivity index (χ1n) is 6.94. The Kier molecular flexibility index (Phi) is 4.37. The van der Waals surface area contributed by atoms with Crippen LogP contribution in [0.3, 0.4) is 0 Å². The normalized spacial score (nSPS) is 11.5. The van der Waals surface area contributed by atoms with E-state index in [-0.39, 0.29) is 0 Å². The number of hydrogen-bond acceptors (Lipinski definition) is 0. The number of thiophene rings is 1. The fourth-order valence-corrected chi connectivity index (χ4v) is 6.84. The summed E-state index contributed by atoms with van der Waals surface area (Å²) >= 11 is 31.5. The van der Waals surface area contributed by atoms with Crippen LogP contribution in [0.4, 0.5) is 0 Å². The van der Waals surface area contributed by atoms with Gasteiger partial charge in [0.25, 0.3) is 0 Å². The fourth-order valence-electron chi connectivity index (χ4n) is 2.84. The Morgan fingerprint density at radius 3 is 1.46 bits per heavy atom. The molecule has 0 radical (unpaired) electrons. The Bertz CT molecular complexity index is 1030. The van der Waals surface area contributed by atoms with Gasteiger partial charge >= 0.3 is 0 Å². The molecule has 0 saturated carbocycles. The summed E-state index contributed by atoms with van der Waals surface area (Å²) in [6.07, 6.45) is 0. The van der Waals surface area contributed by atoms with Crippen molar-refractivity contribution in [3.63, 3.8) is 0 Å². The van der Waals surface area contributed by atoms with E-state index in [0.29, 0.717) is 25.1 Å². The van der Waals surface area contributed by atoms with Crippen LogP contribution in [0, 0.1) is 0 Å². The summed E-state index contributed by atoms with van der Waals surface area (Å²) in [6, 6.07) is 15.2. The first kappa shape index (κ1) is 16.8. The Morgan fingerprint density at radius 2 is 1.00 bits per heavy atom. The summed E-state index contributed by atoms with van der Waals surface area (Å²) in [6.45, 7) is 0. The van der Waals surface area contributed by atoms with Crippen molar-refractivity contribution in [2.45, 2.75) is 0 Å². The third-order valence-electron chi connectivity index (χ3n) is 3.78. The molecular formula is C18H8Cl5S+. The van der Waals surface area contributed by atoms with E-state index in [1.54, 1.807) is 12.1 Å². The molecule has 24 heavy (non-hydrogen) atoms. The Labute approximate surface area is 166 Å². The molecule has 120 valence electrons. The lowest BCUT2D eigenvalue weighted by atomic mass is 10.1. The standard InChI is InChI=1S/C18H8Cl5S/c19-9-1-3-16-12(5-9)13-6-10(20)2-4-17(13)24(16)18-14(22)7-11(21)8-15(18)23/h1-8H/q+1. The third kappa shape index (κ3) is 2.68. The quantitative estimate of drug-likeness (QED) is 0.263. The van der Waals surface area contributed by atoms with Crippen molar-refractivity contribution in [1.29, 1.82) is 0 Å². The maximum absolute atomic E-state index is 6.50. The molecule has 0 aliphatic carbocycles. The summed E-state index contributed by atoms with van der Waals surface area (Å²) < 4.78 is 2.26. The van der Waals surface area contributed by atoms with Crippen LogP contribution in [0.5, 0.6) is 0 Å². The van der Waals surface area contributed by atoms with E-state index in [1.807, 2.05) is 36.4 Å². The minimum Gasteiger partial charge on any atom is -0.0843 e. The molecule has 0 bridgehead atoms. The second-order valence-electron chi connectivity index (χ2n) is 5.29. The van der Waals surface area contributed by atoms with Crippen molar-refractivity contribution in [3.8, 4) is 4.90 Å². The van der Waals surface area contributed by atoms with Gasteiger partial charge in [0, 0.05) is 48.4 Å². The van der Waals surface area contributed by atoms with Crippen LogP contribution in [0.25, 0.3) is 25.1 Å². The predicted molar refractivity (Wildman–Crippen MR) is 110 cm³/mol. The Hall–Kier alpha value is -0.670. The largest absolute Gasteiger partial charge is 0.216 e. The first-order chi connectivity index (χ1) is 11.5. The van der Waals surface area contributed by atoms with Crippen LogP contribution in [0.1, 0.15) is 0 Å². The topological polar surface area (TPSA) is 0 Å². The zero-order valence-corrected chi connectivity index (χ0v) is 16.5. The van der Waals surface area contributed by atoms with Gasteiger partial charge in [-0.15, -0.1) is 0 Å². The molecule has 1 aromatic heterocycles. The van der Waals surface area contributed by atoms with Gasteiger partial charge in [0.2, 0.25) is 4.90 Å². The van der Waals surface area contributed by atoms with E-state index in [0.717, 1.165) is 25.1 Å². The van der Waals surface area contributed by atoms with Gasteiger partial charge in [0.1, 0.15) is 10.0 Å². The highest BCUT2D eigenvalue weighted by Gasteiger charge is 2.28. The molecule has 0 nitrogen and oxygen atoms in total. The van der Waals surface area contributed by atoms with E-state index in [2.05, 4.69) is 0 Å². The molecule has 0 spiro atoms. The number of hydrogen-bond donors (Lipinski definition) is 0. The van der Waals surface area contributed by atoms with Crippen molar-refractivity contribution in [1.82, 2.24) is 0 Å². The van der Waals surface area contributed by atoms with Gasteiger partial charge in [0.05, 0.1) is 0 Å². The molecule has 1 heterocycles. The van der Waals surface area contributed by atoms with Crippen molar-refractivity contribution < 1.29 is 0 Å². The molecule has 3 aromatic carbocycles. The van der Waals surface area contributed by atoms with Gasteiger partial charge in [-0.3, -0.25) is 0 Å². The highest BCUT2D eigenvalue weighted by atomic mass is 35.5. The lowest BCUT2D eigenvalue weighted by Gasteiger charge is -2.01. The minimum atomic E-state index is -0.428. The van der Waals surface area contributed by atoms with Gasteiger partial charge in [-0.2, -0.15) is 0 Å². The molecule has 0 aliphatic heterocycles. The molecule has 0 unspecified atom stereocenters. The second kappa shape index (κ2) is 6.25. The van der Waals surface area contributed by atoms with Crippen molar-refractivity contribution in [2.24, 2.45) is 0 Å². The predicted octanol–water partition coefficient (Wildman–Crippen LogP) is 9.00. The lowest BCUT2D eigenvalue weighted by Crippen LogP contribution is -1.77. The summed E-state index contributed by atoms with van der Waals surface area (Å²) in [5.74, 6) is 0. The molecule has 0 saturated heterocycles. The zero-order valence-electron chi connectivity index (χ0n) is 11.9. The lowest BCUT2D eigenvalue weighted by molar-refractivity contribution is 1.75. The van der Waals surface area contributed by atoms with Crippen LogP contribution in [-0.4, -0.2) is 0 Å². The number of benzene rings is 3. The van der Waals surface area contributed by atoms with E-state index in [9.17, 15) is 0 Å². The molecule has 4 rings (SSSR count). The van der Waals surface area contributed by atoms with E-state index in [1.165, 1.54) is 0 Å². The van der Waals surface area contributed by atoms with Crippen LogP contribution in [-0.2, 0) is 0 Å². The number of halogens is 5. The molecule has 0 N–H and O–H groups in total. The molecule has 6 heteroatoms. The van der Waals surface area contributed by atoms with Gasteiger partial charge in [-0.05, 0) is 36.4 Å². The third-order valence-corrected chi connectivity index (χ3v) is 7.73. The molecule has 0 aliphatic rings. The maximum atomic E-state index is 6.50.